The van der Waals surface area contributed by atoms with Crippen LogP contribution in [0.3, 0.4) is 0 Å². The lowest BCUT2D eigenvalue weighted by Crippen LogP contribution is -2.53. The molecule has 0 aromatic heterocycles. The van der Waals surface area contributed by atoms with Crippen LogP contribution in [0, 0.1) is 0 Å². The van der Waals surface area contributed by atoms with Crippen molar-refractivity contribution in [2.24, 2.45) is 0 Å². The molecule has 29 heavy (non-hydrogen) atoms. The van der Waals surface area contributed by atoms with Crippen molar-refractivity contribution in [2.75, 3.05) is 13.2 Å². The van der Waals surface area contributed by atoms with Gasteiger partial charge in [0.2, 0.25) is 0 Å². The summed E-state index contributed by atoms with van der Waals surface area (Å²) in [5, 5.41) is 3.71. The molecule has 0 saturated heterocycles. The van der Waals surface area contributed by atoms with Crippen molar-refractivity contribution in [3.8, 4) is 0 Å². The highest BCUT2D eigenvalue weighted by Crippen LogP contribution is 2.40. The van der Waals surface area contributed by atoms with Gasteiger partial charge in [0.25, 0.3) is 0 Å². The zero-order chi connectivity index (χ0) is 23.5. The predicted molar refractivity (Wildman–Crippen MR) is 82.9 cm³/mol. The lowest BCUT2D eigenvalue weighted by molar-refractivity contribution is -0.285. The third-order valence-corrected chi connectivity index (χ3v) is 4.64. The SMILES string of the molecule is C=C(COCCC(F)(F)C(F)(F)S(=O)(=O)O)C(=O)OC(CC)C(C)(O)C(F)(F)F. The molecule has 172 valence electrons. The van der Waals surface area contributed by atoms with Crippen molar-refractivity contribution >= 4 is 16.1 Å². The van der Waals surface area contributed by atoms with Crippen molar-refractivity contribution in [3.05, 3.63) is 12.2 Å². The molecule has 7 nitrogen and oxygen atoms in total. The Balaban J connectivity index is 4.79. The number of hydrogen-bond donors (Lipinski definition) is 2. The maximum atomic E-state index is 13.2. The minimum absolute atomic E-state index is 0.366. The van der Waals surface area contributed by atoms with Gasteiger partial charge in [0.05, 0.1) is 18.8 Å². The standard InChI is InChI=1S/C14H19F7O7S/c1-4-9(11(3,23)13(17,18)19)28-10(22)8(2)7-27-6-5-12(15,16)14(20,21)29(24,25)26/h9,23H,2,4-7H2,1,3H3,(H,24,25,26). The number of esters is 1. The molecule has 15 heteroatoms. The third kappa shape index (κ3) is 6.52. The topological polar surface area (TPSA) is 110 Å². The van der Waals surface area contributed by atoms with Gasteiger partial charge in [-0.3, -0.25) is 4.55 Å². The number of carbonyl (C=O) groups excluding carboxylic acids is 1. The van der Waals surface area contributed by atoms with Crippen molar-refractivity contribution in [3.63, 3.8) is 0 Å². The van der Waals surface area contributed by atoms with E-state index in [-0.39, 0.29) is 0 Å². The number of carbonyl (C=O) groups is 1. The summed E-state index contributed by atoms with van der Waals surface area (Å²) in [5.74, 6) is -6.70. The zero-order valence-corrected chi connectivity index (χ0v) is 15.9. The highest BCUT2D eigenvalue weighted by Gasteiger charge is 2.65. The monoisotopic (exact) mass is 464 g/mol. The van der Waals surface area contributed by atoms with Gasteiger partial charge in [0.15, 0.2) is 5.60 Å². The van der Waals surface area contributed by atoms with E-state index in [1.807, 2.05) is 0 Å². The first-order valence-corrected chi connectivity index (χ1v) is 9.14. The van der Waals surface area contributed by atoms with Gasteiger partial charge < -0.3 is 14.6 Å². The second kappa shape index (κ2) is 9.14. The Morgan fingerprint density at radius 2 is 1.62 bits per heavy atom. The molecule has 2 N–H and O–H groups in total. The molecule has 2 unspecified atom stereocenters. The van der Waals surface area contributed by atoms with E-state index in [9.17, 15) is 49.1 Å². The fraction of sp³-hybridized carbons (Fsp3) is 0.786. The fourth-order valence-electron chi connectivity index (χ4n) is 1.78. The van der Waals surface area contributed by atoms with Gasteiger partial charge in [-0.2, -0.15) is 39.2 Å². The quantitative estimate of drug-likeness (QED) is 0.159. The molecule has 0 aliphatic heterocycles. The molecule has 2 atom stereocenters. The van der Waals surface area contributed by atoms with Crippen LogP contribution in [-0.2, 0) is 24.4 Å². The van der Waals surface area contributed by atoms with E-state index in [0.717, 1.165) is 0 Å². The number of ether oxygens (including phenoxy) is 2. The van der Waals surface area contributed by atoms with E-state index in [0.29, 0.717) is 6.92 Å². The van der Waals surface area contributed by atoms with E-state index >= 15 is 0 Å². The average molecular weight is 464 g/mol. The summed E-state index contributed by atoms with van der Waals surface area (Å²) in [6, 6.07) is 0. The third-order valence-electron chi connectivity index (χ3n) is 3.70. The van der Waals surface area contributed by atoms with Crippen LogP contribution < -0.4 is 0 Å². The average Bonchev–Trinajstić information content (AvgIpc) is 2.53. The normalized spacial score (nSPS) is 16.8. The molecule has 0 radical (unpaired) electrons. The number of hydrogen-bond acceptors (Lipinski definition) is 6. The Hall–Kier alpha value is -1.45. The first kappa shape index (κ1) is 27.5. The molecule has 0 aliphatic rings. The molecule has 0 bridgehead atoms. The van der Waals surface area contributed by atoms with Gasteiger partial charge in [0.1, 0.15) is 6.10 Å². The zero-order valence-electron chi connectivity index (χ0n) is 15.1. The lowest BCUT2D eigenvalue weighted by Gasteiger charge is -2.33. The highest BCUT2D eigenvalue weighted by atomic mass is 32.2. The summed E-state index contributed by atoms with van der Waals surface area (Å²) in [6.07, 6.45) is -9.52. The van der Waals surface area contributed by atoms with Crippen molar-refractivity contribution in [2.45, 2.75) is 55.7 Å². The van der Waals surface area contributed by atoms with Crippen molar-refractivity contribution in [1.82, 2.24) is 0 Å². The molecule has 0 aromatic carbocycles. The smallest absolute Gasteiger partial charge is 0.431 e. The molecule has 0 aromatic rings. The summed E-state index contributed by atoms with van der Waals surface area (Å²) in [5.41, 5.74) is -4.09. The Morgan fingerprint density at radius 1 is 1.14 bits per heavy atom. The van der Waals surface area contributed by atoms with Gasteiger partial charge in [-0.1, -0.05) is 13.5 Å². The van der Waals surface area contributed by atoms with E-state index < -0.39 is 76.8 Å². The first-order valence-electron chi connectivity index (χ1n) is 7.70. The Bertz CT molecular complexity index is 702. The minimum atomic E-state index is -6.42. The van der Waals surface area contributed by atoms with Crippen LogP contribution in [0.4, 0.5) is 30.7 Å². The van der Waals surface area contributed by atoms with Crippen LogP contribution in [0.1, 0.15) is 26.7 Å². The molecule has 0 spiro atoms. The van der Waals surface area contributed by atoms with Gasteiger partial charge in [-0.25, -0.2) is 4.79 Å². The largest absolute Gasteiger partial charge is 0.456 e. The van der Waals surface area contributed by atoms with Crippen LogP contribution in [-0.4, -0.2) is 66.3 Å². The molecule has 0 amide bonds. The maximum absolute atomic E-state index is 13.2. The van der Waals surface area contributed by atoms with Gasteiger partial charge in [0, 0.05) is 6.42 Å². The van der Waals surface area contributed by atoms with Crippen LogP contribution in [0.5, 0.6) is 0 Å². The summed E-state index contributed by atoms with van der Waals surface area (Å²) < 4.78 is 128. The molecular formula is C14H19F7O7S. The first-order chi connectivity index (χ1) is 12.7. The number of halogens is 7. The van der Waals surface area contributed by atoms with E-state index in [2.05, 4.69) is 16.1 Å². The molecule has 0 rings (SSSR count). The highest BCUT2D eigenvalue weighted by molar-refractivity contribution is 7.87. The van der Waals surface area contributed by atoms with Crippen molar-refractivity contribution in [1.29, 1.82) is 0 Å². The number of aliphatic hydroxyl groups is 1. The van der Waals surface area contributed by atoms with Crippen LogP contribution in [0.15, 0.2) is 12.2 Å². The Morgan fingerprint density at radius 3 is 2.00 bits per heavy atom. The number of alkyl halides is 7. The molecule has 0 fully saturated rings. The Labute approximate surface area is 161 Å². The predicted octanol–water partition coefficient (Wildman–Crippen LogP) is 2.70. The second-order valence-electron chi connectivity index (χ2n) is 6.05. The summed E-state index contributed by atoms with van der Waals surface area (Å²) in [4.78, 5) is 11.7. The van der Waals surface area contributed by atoms with Gasteiger partial charge in [-0.05, 0) is 13.3 Å². The maximum Gasteiger partial charge on any atom is 0.431 e. The molecule has 0 aliphatic carbocycles. The molecule has 0 saturated carbocycles. The second-order valence-corrected chi connectivity index (χ2v) is 7.51. The van der Waals surface area contributed by atoms with Crippen LogP contribution in [0.2, 0.25) is 0 Å². The minimum Gasteiger partial charge on any atom is -0.456 e. The van der Waals surface area contributed by atoms with E-state index in [1.165, 1.54) is 6.92 Å². The summed E-state index contributed by atoms with van der Waals surface area (Å²) in [6.45, 7) is 2.45. The van der Waals surface area contributed by atoms with Gasteiger partial charge in [-0.15, -0.1) is 0 Å². The van der Waals surface area contributed by atoms with Crippen molar-refractivity contribution < 1.29 is 63.1 Å². The summed E-state index contributed by atoms with van der Waals surface area (Å²) in [7, 11) is -6.42. The van der Waals surface area contributed by atoms with E-state index in [1.54, 1.807) is 0 Å². The Kier molecular flexibility index (Phi) is 8.68. The van der Waals surface area contributed by atoms with Crippen LogP contribution >= 0.6 is 0 Å². The fourth-order valence-corrected chi connectivity index (χ4v) is 2.26. The van der Waals surface area contributed by atoms with E-state index in [4.69, 9.17) is 4.55 Å². The molecular weight excluding hydrogens is 445 g/mol. The van der Waals surface area contributed by atoms with Gasteiger partial charge >= 0.3 is 33.4 Å². The summed E-state index contributed by atoms with van der Waals surface area (Å²) >= 11 is 0. The molecule has 0 heterocycles. The van der Waals surface area contributed by atoms with Crippen LogP contribution in [0.25, 0.3) is 0 Å². The number of rotatable bonds is 11. The lowest BCUT2D eigenvalue weighted by atomic mass is 9.96.